The van der Waals surface area contributed by atoms with E-state index in [1.807, 2.05) is 6.92 Å². The molecule has 0 aliphatic heterocycles. The molecular weight excluding hydrogens is 240 g/mol. The van der Waals surface area contributed by atoms with E-state index in [1.165, 1.54) is 6.07 Å². The average molecular weight is 258 g/mol. The van der Waals surface area contributed by atoms with Crippen LogP contribution in [0.2, 0.25) is 0 Å². The molecule has 17 heavy (non-hydrogen) atoms. The molecule has 0 unspecified atom stereocenters. The smallest absolute Gasteiger partial charge is 0.273 e. The fraction of sp³-hybridized carbons (Fsp3) is 0.455. The fourth-order valence-electron chi connectivity index (χ4n) is 1.21. The van der Waals surface area contributed by atoms with Crippen LogP contribution < -0.4 is 10.0 Å². The highest BCUT2D eigenvalue weighted by Crippen LogP contribution is 2.13. The molecule has 1 aromatic heterocycles. The predicted octanol–water partition coefficient (Wildman–Crippen LogP) is 1.24. The van der Waals surface area contributed by atoms with E-state index in [4.69, 9.17) is 4.42 Å². The number of furan rings is 1. The van der Waals surface area contributed by atoms with Gasteiger partial charge in [0.2, 0.25) is 5.09 Å². The van der Waals surface area contributed by atoms with Crippen molar-refractivity contribution in [1.82, 2.24) is 10.0 Å². The maximum absolute atomic E-state index is 11.7. The van der Waals surface area contributed by atoms with Crippen LogP contribution in [-0.4, -0.2) is 21.5 Å². The molecule has 0 saturated heterocycles. The Morgan fingerprint density at radius 1 is 1.47 bits per heavy atom. The zero-order valence-corrected chi connectivity index (χ0v) is 10.7. The van der Waals surface area contributed by atoms with Gasteiger partial charge >= 0.3 is 0 Å². The summed E-state index contributed by atoms with van der Waals surface area (Å²) in [5.41, 5.74) is 0. The van der Waals surface area contributed by atoms with Crippen molar-refractivity contribution in [2.45, 2.75) is 25.0 Å². The second-order valence-electron chi connectivity index (χ2n) is 3.48. The molecule has 0 aromatic carbocycles. The van der Waals surface area contributed by atoms with Gasteiger partial charge in [0.15, 0.2) is 0 Å². The third-order valence-electron chi connectivity index (χ3n) is 2.09. The summed E-state index contributed by atoms with van der Waals surface area (Å²) in [6.07, 6.45) is 2.24. The van der Waals surface area contributed by atoms with E-state index in [0.717, 1.165) is 6.54 Å². The molecule has 96 valence electrons. The van der Waals surface area contributed by atoms with E-state index in [0.29, 0.717) is 25.3 Å². The van der Waals surface area contributed by atoms with Crippen molar-refractivity contribution in [3.05, 3.63) is 30.5 Å². The number of nitrogens with one attached hydrogen (secondary N) is 2. The molecule has 0 bridgehead atoms. The van der Waals surface area contributed by atoms with E-state index in [9.17, 15) is 8.42 Å². The third kappa shape index (κ3) is 4.33. The lowest BCUT2D eigenvalue weighted by Crippen LogP contribution is -2.24. The summed E-state index contributed by atoms with van der Waals surface area (Å²) in [5.74, 6) is 0.607. The molecule has 1 aromatic rings. The molecule has 1 rings (SSSR count). The Bertz CT molecular complexity index is 451. The van der Waals surface area contributed by atoms with Crippen molar-refractivity contribution in [1.29, 1.82) is 0 Å². The fourth-order valence-corrected chi connectivity index (χ4v) is 2.21. The Hall–Kier alpha value is -1.11. The largest absolute Gasteiger partial charge is 0.447 e. The van der Waals surface area contributed by atoms with Crippen LogP contribution in [0.5, 0.6) is 0 Å². The van der Waals surface area contributed by atoms with Gasteiger partial charge in [-0.1, -0.05) is 13.0 Å². The van der Waals surface area contributed by atoms with Crippen LogP contribution in [0.3, 0.4) is 0 Å². The lowest BCUT2D eigenvalue weighted by atomic mass is 10.4. The summed E-state index contributed by atoms with van der Waals surface area (Å²) in [5, 5.41) is 3.01. The summed E-state index contributed by atoms with van der Waals surface area (Å²) in [6.45, 7) is 7.15. The first kappa shape index (κ1) is 14.0. The van der Waals surface area contributed by atoms with Crippen molar-refractivity contribution in [3.63, 3.8) is 0 Å². The van der Waals surface area contributed by atoms with Crippen LogP contribution in [0, 0.1) is 0 Å². The van der Waals surface area contributed by atoms with E-state index >= 15 is 0 Å². The monoisotopic (exact) mass is 258 g/mol. The molecule has 0 atom stereocenters. The van der Waals surface area contributed by atoms with Crippen LogP contribution in [-0.2, 0) is 16.6 Å². The molecule has 0 amide bonds. The zero-order chi connectivity index (χ0) is 12.7. The quantitative estimate of drug-likeness (QED) is 0.543. The Morgan fingerprint density at radius 2 is 2.24 bits per heavy atom. The second kappa shape index (κ2) is 6.58. The van der Waals surface area contributed by atoms with Gasteiger partial charge in [-0.2, -0.15) is 0 Å². The Balaban J connectivity index is 2.64. The van der Waals surface area contributed by atoms with Crippen LogP contribution in [0.25, 0.3) is 0 Å². The molecule has 6 heteroatoms. The van der Waals surface area contributed by atoms with Crippen molar-refractivity contribution < 1.29 is 12.8 Å². The summed E-state index contributed by atoms with van der Waals surface area (Å²) < 4.78 is 31.1. The maximum Gasteiger partial charge on any atom is 0.273 e. The van der Waals surface area contributed by atoms with Gasteiger partial charge in [-0.3, -0.25) is 0 Å². The highest BCUT2D eigenvalue weighted by Gasteiger charge is 2.17. The molecule has 0 aliphatic carbocycles. The lowest BCUT2D eigenvalue weighted by molar-refractivity contribution is 0.401. The molecule has 0 spiro atoms. The van der Waals surface area contributed by atoms with E-state index < -0.39 is 10.0 Å². The van der Waals surface area contributed by atoms with E-state index in [-0.39, 0.29) is 5.09 Å². The van der Waals surface area contributed by atoms with Crippen LogP contribution >= 0.6 is 0 Å². The summed E-state index contributed by atoms with van der Waals surface area (Å²) in [4.78, 5) is 0. The first-order valence-electron chi connectivity index (χ1n) is 5.50. The summed E-state index contributed by atoms with van der Waals surface area (Å²) >= 11 is 0. The van der Waals surface area contributed by atoms with Gasteiger partial charge in [0.1, 0.15) is 5.76 Å². The first-order valence-corrected chi connectivity index (χ1v) is 6.98. The topological polar surface area (TPSA) is 71.3 Å². The molecule has 0 saturated carbocycles. The van der Waals surface area contributed by atoms with Crippen LogP contribution in [0.15, 0.2) is 34.3 Å². The number of hydrogen-bond donors (Lipinski definition) is 2. The van der Waals surface area contributed by atoms with Crippen molar-refractivity contribution in [2.75, 3.05) is 13.1 Å². The first-order chi connectivity index (χ1) is 8.10. The minimum Gasteiger partial charge on any atom is -0.447 e. The van der Waals surface area contributed by atoms with Gasteiger partial charge in [0.25, 0.3) is 10.0 Å². The van der Waals surface area contributed by atoms with Crippen LogP contribution in [0.1, 0.15) is 19.1 Å². The SMILES string of the molecule is C=CCCNS(=O)(=O)c1ccc(CNCC)o1. The molecule has 0 radical (unpaired) electrons. The molecular formula is C11H18N2O3S. The van der Waals surface area contributed by atoms with E-state index in [1.54, 1.807) is 12.1 Å². The highest BCUT2D eigenvalue weighted by atomic mass is 32.2. The number of sulfonamides is 1. The van der Waals surface area contributed by atoms with Crippen molar-refractivity contribution >= 4 is 10.0 Å². The molecule has 1 heterocycles. The van der Waals surface area contributed by atoms with Gasteiger partial charge in [-0.25, -0.2) is 13.1 Å². The normalized spacial score (nSPS) is 11.6. The lowest BCUT2D eigenvalue weighted by Gasteiger charge is -2.02. The summed E-state index contributed by atoms with van der Waals surface area (Å²) in [6, 6.07) is 3.12. The standard InChI is InChI=1S/C11H18N2O3S/c1-3-5-8-13-17(14,15)11-7-6-10(16-11)9-12-4-2/h3,6-7,12-13H,1,4-5,8-9H2,2H3. The van der Waals surface area contributed by atoms with Gasteiger partial charge in [0, 0.05) is 6.54 Å². The van der Waals surface area contributed by atoms with Crippen molar-refractivity contribution in [3.8, 4) is 0 Å². The highest BCUT2D eigenvalue weighted by molar-refractivity contribution is 7.89. The van der Waals surface area contributed by atoms with Gasteiger partial charge in [0.05, 0.1) is 6.54 Å². The Morgan fingerprint density at radius 3 is 2.88 bits per heavy atom. The Kier molecular flexibility index (Phi) is 5.40. The molecule has 5 nitrogen and oxygen atoms in total. The zero-order valence-electron chi connectivity index (χ0n) is 9.90. The van der Waals surface area contributed by atoms with Gasteiger partial charge in [-0.15, -0.1) is 6.58 Å². The van der Waals surface area contributed by atoms with Crippen molar-refractivity contribution in [2.24, 2.45) is 0 Å². The minimum atomic E-state index is -3.53. The second-order valence-corrected chi connectivity index (χ2v) is 5.17. The molecule has 0 fully saturated rings. The minimum absolute atomic E-state index is 0.0468. The average Bonchev–Trinajstić information content (AvgIpc) is 2.76. The maximum atomic E-state index is 11.7. The number of rotatable bonds is 8. The summed E-state index contributed by atoms with van der Waals surface area (Å²) in [7, 11) is -3.53. The van der Waals surface area contributed by atoms with E-state index in [2.05, 4.69) is 16.6 Å². The number of hydrogen-bond acceptors (Lipinski definition) is 4. The molecule has 2 N–H and O–H groups in total. The Labute approximate surface area is 102 Å². The third-order valence-corrected chi connectivity index (χ3v) is 3.42. The van der Waals surface area contributed by atoms with Gasteiger partial charge < -0.3 is 9.73 Å². The van der Waals surface area contributed by atoms with Gasteiger partial charge in [-0.05, 0) is 25.1 Å². The predicted molar refractivity (Wildman–Crippen MR) is 66.1 cm³/mol. The molecule has 0 aliphatic rings. The van der Waals surface area contributed by atoms with Crippen LogP contribution in [0.4, 0.5) is 0 Å².